The first kappa shape index (κ1) is 16.8. The van der Waals surface area contributed by atoms with Crippen molar-refractivity contribution >= 4 is 5.91 Å². The van der Waals surface area contributed by atoms with Gasteiger partial charge in [-0.05, 0) is 37.9 Å². The van der Waals surface area contributed by atoms with Crippen molar-refractivity contribution in [1.29, 1.82) is 0 Å². The third-order valence-electron chi connectivity index (χ3n) is 4.23. The molecule has 122 valence electrons. The largest absolute Gasteiger partial charge is 0.480 e. The molecule has 22 heavy (non-hydrogen) atoms. The molecule has 0 saturated carbocycles. The fourth-order valence-electron chi connectivity index (χ4n) is 2.86. The second kappa shape index (κ2) is 8.18. The van der Waals surface area contributed by atoms with Gasteiger partial charge in [0.05, 0.1) is 0 Å². The summed E-state index contributed by atoms with van der Waals surface area (Å²) < 4.78 is 5.98. The Morgan fingerprint density at radius 3 is 2.45 bits per heavy atom. The first-order valence-electron chi connectivity index (χ1n) is 8.39. The summed E-state index contributed by atoms with van der Waals surface area (Å²) in [5.74, 6) is 0.939. The van der Waals surface area contributed by atoms with Crippen molar-refractivity contribution in [3.8, 4) is 5.75 Å². The normalized spacial score (nSPS) is 17.3. The topological polar surface area (TPSA) is 32.8 Å². The van der Waals surface area contributed by atoms with E-state index in [0.29, 0.717) is 6.42 Å². The van der Waals surface area contributed by atoms with Crippen molar-refractivity contribution in [2.24, 2.45) is 0 Å². The molecule has 1 aromatic carbocycles. The van der Waals surface area contributed by atoms with Crippen LogP contribution in [0.1, 0.15) is 32.3 Å². The summed E-state index contributed by atoms with van der Waals surface area (Å²) in [4.78, 5) is 17.1. The Hall–Kier alpha value is -1.55. The van der Waals surface area contributed by atoms with Crippen LogP contribution in [0.4, 0.5) is 0 Å². The SMILES string of the molecule is CCCN1CCN(C(=O)C(CC)Oc2ccccc2C)CC1. The Labute approximate surface area is 134 Å². The third-order valence-corrected chi connectivity index (χ3v) is 4.23. The van der Waals surface area contributed by atoms with E-state index in [9.17, 15) is 4.79 Å². The minimum absolute atomic E-state index is 0.127. The first-order valence-corrected chi connectivity index (χ1v) is 8.39. The molecule has 0 N–H and O–H groups in total. The highest BCUT2D eigenvalue weighted by Crippen LogP contribution is 2.20. The van der Waals surface area contributed by atoms with Gasteiger partial charge in [0.2, 0.25) is 0 Å². The van der Waals surface area contributed by atoms with E-state index in [2.05, 4.69) is 11.8 Å². The Bertz CT molecular complexity index is 482. The molecule has 1 fully saturated rings. The maximum absolute atomic E-state index is 12.7. The Balaban J connectivity index is 1.94. The van der Waals surface area contributed by atoms with Gasteiger partial charge in [-0.2, -0.15) is 0 Å². The molecular formula is C18H28N2O2. The second-order valence-electron chi connectivity index (χ2n) is 5.95. The molecule has 4 heteroatoms. The molecule has 0 aliphatic carbocycles. The smallest absolute Gasteiger partial charge is 0.263 e. The highest BCUT2D eigenvalue weighted by Gasteiger charge is 2.27. The molecule has 1 unspecified atom stereocenters. The lowest BCUT2D eigenvalue weighted by atomic mass is 10.2. The van der Waals surface area contributed by atoms with Crippen LogP contribution in [0.2, 0.25) is 0 Å². The summed E-state index contributed by atoms with van der Waals surface area (Å²) in [5.41, 5.74) is 1.07. The minimum atomic E-state index is -0.376. The van der Waals surface area contributed by atoms with Crippen LogP contribution in [0.15, 0.2) is 24.3 Å². The number of nitrogens with zero attached hydrogens (tertiary/aromatic N) is 2. The fraction of sp³-hybridized carbons (Fsp3) is 0.611. The molecule has 1 heterocycles. The summed E-state index contributed by atoms with van der Waals surface area (Å²) in [5, 5.41) is 0. The summed E-state index contributed by atoms with van der Waals surface area (Å²) in [6.45, 7) is 10.9. The van der Waals surface area contributed by atoms with Crippen LogP contribution < -0.4 is 4.74 Å². The van der Waals surface area contributed by atoms with E-state index in [-0.39, 0.29) is 12.0 Å². The molecule has 1 amide bonds. The summed E-state index contributed by atoms with van der Waals surface area (Å²) in [7, 11) is 0. The van der Waals surface area contributed by atoms with Crippen LogP contribution in [0.3, 0.4) is 0 Å². The molecule has 0 bridgehead atoms. The van der Waals surface area contributed by atoms with E-state index in [0.717, 1.165) is 44.0 Å². The Morgan fingerprint density at radius 1 is 1.18 bits per heavy atom. The van der Waals surface area contributed by atoms with Crippen LogP contribution in [0.25, 0.3) is 0 Å². The van der Waals surface area contributed by atoms with Crippen LogP contribution in [-0.4, -0.2) is 54.5 Å². The lowest BCUT2D eigenvalue weighted by Gasteiger charge is -2.36. The summed E-state index contributed by atoms with van der Waals surface area (Å²) in [6, 6.07) is 7.88. The van der Waals surface area contributed by atoms with Crippen molar-refractivity contribution in [1.82, 2.24) is 9.80 Å². The number of rotatable bonds is 6. The molecule has 1 aromatic rings. The van der Waals surface area contributed by atoms with Crippen molar-refractivity contribution in [2.75, 3.05) is 32.7 Å². The zero-order chi connectivity index (χ0) is 15.9. The van der Waals surface area contributed by atoms with E-state index >= 15 is 0 Å². The molecule has 2 rings (SSSR count). The second-order valence-corrected chi connectivity index (χ2v) is 5.95. The minimum Gasteiger partial charge on any atom is -0.480 e. The lowest BCUT2D eigenvalue weighted by molar-refractivity contribution is -0.140. The van der Waals surface area contributed by atoms with Crippen molar-refractivity contribution in [2.45, 2.75) is 39.7 Å². The third kappa shape index (κ3) is 4.23. The van der Waals surface area contributed by atoms with Crippen LogP contribution in [0, 0.1) is 6.92 Å². The van der Waals surface area contributed by atoms with E-state index in [1.54, 1.807) is 0 Å². The monoisotopic (exact) mass is 304 g/mol. The molecule has 1 aliphatic heterocycles. The average Bonchev–Trinajstić information content (AvgIpc) is 2.54. The number of benzene rings is 1. The van der Waals surface area contributed by atoms with Crippen molar-refractivity contribution in [3.05, 3.63) is 29.8 Å². The summed E-state index contributed by atoms with van der Waals surface area (Å²) in [6.07, 6.45) is 1.49. The number of amides is 1. The molecular weight excluding hydrogens is 276 g/mol. The summed E-state index contributed by atoms with van der Waals surface area (Å²) >= 11 is 0. The van der Waals surface area contributed by atoms with E-state index in [1.165, 1.54) is 6.42 Å². The molecule has 0 radical (unpaired) electrons. The maximum Gasteiger partial charge on any atom is 0.263 e. The maximum atomic E-state index is 12.7. The fourth-order valence-corrected chi connectivity index (χ4v) is 2.86. The standard InChI is InChI=1S/C18H28N2O2/c1-4-10-19-11-13-20(14-12-19)18(21)16(5-2)22-17-9-7-6-8-15(17)3/h6-9,16H,4-5,10-14H2,1-3H3. The van der Waals surface area contributed by atoms with E-state index < -0.39 is 0 Å². The highest BCUT2D eigenvalue weighted by molar-refractivity contribution is 5.81. The molecule has 1 saturated heterocycles. The number of hydrogen-bond acceptors (Lipinski definition) is 3. The van der Waals surface area contributed by atoms with Crippen LogP contribution in [-0.2, 0) is 4.79 Å². The van der Waals surface area contributed by atoms with Gasteiger partial charge in [0.15, 0.2) is 6.10 Å². The number of hydrogen-bond donors (Lipinski definition) is 0. The van der Waals surface area contributed by atoms with Gasteiger partial charge in [0.1, 0.15) is 5.75 Å². The Kier molecular flexibility index (Phi) is 6.25. The molecule has 0 aromatic heterocycles. The zero-order valence-corrected chi connectivity index (χ0v) is 14.0. The van der Waals surface area contributed by atoms with Gasteiger partial charge in [-0.1, -0.05) is 32.0 Å². The number of carbonyl (C=O) groups excluding carboxylic acids is 1. The van der Waals surface area contributed by atoms with Gasteiger partial charge in [0, 0.05) is 26.2 Å². The van der Waals surface area contributed by atoms with Gasteiger partial charge < -0.3 is 9.64 Å². The molecule has 1 aliphatic rings. The van der Waals surface area contributed by atoms with E-state index in [1.807, 2.05) is 43.0 Å². The number of piperazine rings is 1. The van der Waals surface area contributed by atoms with E-state index in [4.69, 9.17) is 4.74 Å². The molecule has 4 nitrogen and oxygen atoms in total. The average molecular weight is 304 g/mol. The highest BCUT2D eigenvalue weighted by atomic mass is 16.5. The lowest BCUT2D eigenvalue weighted by Crippen LogP contribution is -2.52. The number of para-hydroxylation sites is 1. The predicted octanol–water partition coefficient (Wildman–Crippen LogP) is 2.71. The van der Waals surface area contributed by atoms with Crippen molar-refractivity contribution < 1.29 is 9.53 Å². The first-order chi connectivity index (χ1) is 10.7. The van der Waals surface area contributed by atoms with Crippen molar-refractivity contribution in [3.63, 3.8) is 0 Å². The van der Waals surface area contributed by atoms with Gasteiger partial charge >= 0.3 is 0 Å². The van der Waals surface area contributed by atoms with Gasteiger partial charge in [-0.3, -0.25) is 9.69 Å². The number of ether oxygens (including phenoxy) is 1. The van der Waals surface area contributed by atoms with Crippen LogP contribution in [0.5, 0.6) is 5.75 Å². The quantitative estimate of drug-likeness (QED) is 0.810. The van der Waals surface area contributed by atoms with Gasteiger partial charge in [-0.25, -0.2) is 0 Å². The van der Waals surface area contributed by atoms with Gasteiger partial charge in [0.25, 0.3) is 5.91 Å². The predicted molar refractivity (Wildman–Crippen MR) is 89.2 cm³/mol. The zero-order valence-electron chi connectivity index (χ0n) is 14.0. The molecule has 1 atom stereocenters. The number of carbonyl (C=O) groups is 1. The number of aryl methyl sites for hydroxylation is 1. The van der Waals surface area contributed by atoms with Crippen LogP contribution >= 0.6 is 0 Å². The van der Waals surface area contributed by atoms with Gasteiger partial charge in [-0.15, -0.1) is 0 Å². The molecule has 0 spiro atoms. The Morgan fingerprint density at radius 2 is 1.86 bits per heavy atom.